The first-order chi connectivity index (χ1) is 13.9. The van der Waals surface area contributed by atoms with E-state index < -0.39 is 23.9 Å². The van der Waals surface area contributed by atoms with Crippen LogP contribution in [0.15, 0.2) is 0 Å². The molecule has 4 rings (SSSR count). The molecule has 0 spiro atoms. The molecular formula is C21H33BN2O5S. The van der Waals surface area contributed by atoms with Gasteiger partial charge in [-0.15, -0.1) is 11.3 Å². The molecule has 1 unspecified atom stereocenters. The number of ether oxygens (including phenoxy) is 2. The van der Waals surface area contributed by atoms with Gasteiger partial charge in [-0.1, -0.05) is 0 Å². The Balaban J connectivity index is 1.54. The van der Waals surface area contributed by atoms with E-state index in [0.717, 1.165) is 28.3 Å². The molecule has 1 aromatic heterocycles. The van der Waals surface area contributed by atoms with Crippen molar-refractivity contribution in [3.05, 3.63) is 10.7 Å². The molecule has 7 nitrogen and oxygen atoms in total. The van der Waals surface area contributed by atoms with Crippen molar-refractivity contribution in [2.24, 2.45) is 0 Å². The minimum atomic E-state index is -0.519. The quantitative estimate of drug-likeness (QED) is 0.674. The molecule has 0 aromatic carbocycles. The van der Waals surface area contributed by atoms with Gasteiger partial charge in [0, 0.05) is 12.5 Å². The lowest BCUT2D eigenvalue weighted by molar-refractivity contribution is -0.0433. The van der Waals surface area contributed by atoms with Gasteiger partial charge >= 0.3 is 13.2 Å². The van der Waals surface area contributed by atoms with Crippen LogP contribution < -0.4 is 4.78 Å². The van der Waals surface area contributed by atoms with Crippen molar-refractivity contribution in [2.45, 2.75) is 90.1 Å². The van der Waals surface area contributed by atoms with E-state index in [4.69, 9.17) is 23.8 Å². The van der Waals surface area contributed by atoms with Crippen LogP contribution in [0.5, 0.6) is 0 Å². The molecule has 9 heteroatoms. The van der Waals surface area contributed by atoms with E-state index in [-0.39, 0.29) is 12.2 Å². The molecule has 166 valence electrons. The van der Waals surface area contributed by atoms with E-state index in [0.29, 0.717) is 25.6 Å². The Morgan fingerprint density at radius 1 is 1.20 bits per heavy atom. The fraction of sp³-hybridized carbons (Fsp3) is 0.810. The Kier molecular flexibility index (Phi) is 5.49. The van der Waals surface area contributed by atoms with E-state index in [1.807, 2.05) is 20.8 Å². The van der Waals surface area contributed by atoms with Crippen LogP contribution in [-0.2, 0) is 18.8 Å². The van der Waals surface area contributed by atoms with Crippen molar-refractivity contribution in [1.82, 2.24) is 9.88 Å². The van der Waals surface area contributed by atoms with Crippen LogP contribution in [0.2, 0.25) is 0 Å². The molecule has 1 amide bonds. The number of morpholine rings is 1. The maximum atomic E-state index is 12.5. The monoisotopic (exact) mass is 436 g/mol. The van der Waals surface area contributed by atoms with Crippen molar-refractivity contribution in [3.63, 3.8) is 0 Å². The predicted molar refractivity (Wildman–Crippen MR) is 116 cm³/mol. The highest BCUT2D eigenvalue weighted by molar-refractivity contribution is 7.22. The van der Waals surface area contributed by atoms with E-state index >= 15 is 0 Å². The lowest BCUT2D eigenvalue weighted by Gasteiger charge is -2.33. The highest BCUT2D eigenvalue weighted by Crippen LogP contribution is 2.43. The maximum Gasteiger partial charge on any atom is 0.507 e. The average molecular weight is 436 g/mol. The SMILES string of the molecule is CC(C)(C)OC(=O)N1CCOC(c2nc(C3CC3)c(B3OC(C)(C)C(C)(C)O3)s2)C1. The van der Waals surface area contributed by atoms with Gasteiger partial charge in [-0.25, -0.2) is 9.78 Å². The fourth-order valence-electron chi connectivity index (χ4n) is 3.56. The number of nitrogens with zero attached hydrogens (tertiary/aromatic N) is 2. The van der Waals surface area contributed by atoms with Gasteiger partial charge in [0.1, 0.15) is 16.7 Å². The van der Waals surface area contributed by atoms with Crippen molar-refractivity contribution in [3.8, 4) is 0 Å². The fourth-order valence-corrected chi connectivity index (χ4v) is 4.71. The zero-order valence-electron chi connectivity index (χ0n) is 19.1. The number of hydrogen-bond acceptors (Lipinski definition) is 7. The topological polar surface area (TPSA) is 70.1 Å². The standard InChI is InChI=1S/C21H33BN2O5S/c1-19(2,3)27-18(25)24-10-11-26-14(12-24)17-23-15(13-8-9-13)16(30-17)22-28-20(4,5)21(6,7)29-22/h13-14H,8-12H2,1-7H3. The first-order valence-corrected chi connectivity index (χ1v) is 11.6. The number of carbonyl (C=O) groups excluding carboxylic acids is 1. The van der Waals surface area contributed by atoms with Gasteiger partial charge in [0.2, 0.25) is 0 Å². The first-order valence-electron chi connectivity index (χ1n) is 10.8. The Morgan fingerprint density at radius 2 is 1.83 bits per heavy atom. The summed E-state index contributed by atoms with van der Waals surface area (Å²) in [4.78, 5) is 19.2. The second kappa shape index (κ2) is 7.47. The Bertz CT molecular complexity index is 799. The summed E-state index contributed by atoms with van der Waals surface area (Å²) in [6, 6.07) is 0. The number of carbonyl (C=O) groups is 1. The number of thiazole rings is 1. The average Bonchev–Trinajstić information content (AvgIpc) is 3.32. The van der Waals surface area contributed by atoms with Crippen LogP contribution in [-0.4, -0.2) is 59.6 Å². The Labute approximate surface area is 183 Å². The lowest BCUT2D eigenvalue weighted by Crippen LogP contribution is -2.44. The number of aromatic nitrogens is 1. The van der Waals surface area contributed by atoms with Gasteiger partial charge in [0.15, 0.2) is 0 Å². The van der Waals surface area contributed by atoms with Crippen molar-refractivity contribution >= 4 is 29.3 Å². The van der Waals surface area contributed by atoms with Gasteiger partial charge in [0.05, 0.1) is 34.8 Å². The second-order valence-electron chi connectivity index (χ2n) is 10.4. The zero-order chi connectivity index (χ0) is 21.9. The molecule has 1 aromatic rings. The molecule has 3 fully saturated rings. The molecule has 3 aliphatic rings. The van der Waals surface area contributed by atoms with E-state index in [9.17, 15) is 4.79 Å². The summed E-state index contributed by atoms with van der Waals surface area (Å²) in [5.41, 5.74) is -0.226. The number of rotatable bonds is 3. The van der Waals surface area contributed by atoms with Gasteiger partial charge in [-0.3, -0.25) is 0 Å². The molecule has 1 atom stereocenters. The molecular weight excluding hydrogens is 403 g/mol. The lowest BCUT2D eigenvalue weighted by atomic mass is 9.85. The molecule has 3 heterocycles. The van der Waals surface area contributed by atoms with E-state index in [1.54, 1.807) is 16.2 Å². The smallest absolute Gasteiger partial charge is 0.444 e. The third-order valence-electron chi connectivity index (χ3n) is 6.12. The number of hydrogen-bond donors (Lipinski definition) is 0. The minimum Gasteiger partial charge on any atom is -0.444 e. The van der Waals surface area contributed by atoms with E-state index in [1.165, 1.54) is 0 Å². The van der Waals surface area contributed by atoms with Crippen LogP contribution in [0.1, 0.15) is 84.0 Å². The molecule has 2 aliphatic heterocycles. The highest BCUT2D eigenvalue weighted by atomic mass is 32.1. The van der Waals surface area contributed by atoms with Crippen LogP contribution in [0.3, 0.4) is 0 Å². The maximum absolute atomic E-state index is 12.5. The molecule has 0 bridgehead atoms. The molecule has 1 saturated carbocycles. The molecule has 0 N–H and O–H groups in total. The summed E-state index contributed by atoms with van der Waals surface area (Å²) in [6.45, 7) is 15.3. The third kappa shape index (κ3) is 4.40. The first kappa shape index (κ1) is 22.1. The minimum absolute atomic E-state index is 0.259. The summed E-state index contributed by atoms with van der Waals surface area (Å²) >= 11 is 1.60. The van der Waals surface area contributed by atoms with Crippen LogP contribution in [0.25, 0.3) is 0 Å². The molecule has 2 saturated heterocycles. The third-order valence-corrected chi connectivity index (χ3v) is 7.31. The van der Waals surface area contributed by atoms with Crippen molar-refractivity contribution in [1.29, 1.82) is 0 Å². The van der Waals surface area contributed by atoms with E-state index in [2.05, 4.69) is 27.7 Å². The van der Waals surface area contributed by atoms with Crippen LogP contribution in [0.4, 0.5) is 4.79 Å². The van der Waals surface area contributed by atoms with Crippen LogP contribution >= 0.6 is 11.3 Å². The van der Waals surface area contributed by atoms with Crippen molar-refractivity contribution in [2.75, 3.05) is 19.7 Å². The zero-order valence-corrected chi connectivity index (χ0v) is 19.9. The van der Waals surface area contributed by atoms with Gasteiger partial charge in [-0.05, 0) is 61.3 Å². The summed E-state index contributed by atoms with van der Waals surface area (Å²) in [6.07, 6.45) is 1.72. The normalized spacial score (nSPS) is 26.2. The van der Waals surface area contributed by atoms with Gasteiger partial charge < -0.3 is 23.7 Å². The summed E-state index contributed by atoms with van der Waals surface area (Å²) < 4.78 is 25.2. The number of amides is 1. The highest BCUT2D eigenvalue weighted by Gasteiger charge is 2.54. The Hall–Kier alpha value is -1.16. The molecule has 1 aliphatic carbocycles. The molecule has 30 heavy (non-hydrogen) atoms. The summed E-state index contributed by atoms with van der Waals surface area (Å²) in [5, 5.41) is 0.884. The van der Waals surface area contributed by atoms with Gasteiger partial charge in [0.25, 0.3) is 0 Å². The van der Waals surface area contributed by atoms with Crippen molar-refractivity contribution < 1.29 is 23.6 Å². The summed E-state index contributed by atoms with van der Waals surface area (Å²) in [5.74, 6) is 0.467. The van der Waals surface area contributed by atoms with Crippen LogP contribution in [0, 0.1) is 0 Å². The predicted octanol–water partition coefficient (Wildman–Crippen LogP) is 3.63. The largest absolute Gasteiger partial charge is 0.507 e. The summed E-state index contributed by atoms with van der Waals surface area (Å²) in [7, 11) is -0.414. The Morgan fingerprint density at radius 3 is 2.40 bits per heavy atom. The molecule has 0 radical (unpaired) electrons. The van der Waals surface area contributed by atoms with Gasteiger partial charge in [-0.2, -0.15) is 0 Å². The second-order valence-corrected chi connectivity index (χ2v) is 11.5.